The van der Waals surface area contributed by atoms with Gasteiger partial charge in [0.05, 0.1) is 20.5 Å². The molecule has 30 heavy (non-hydrogen) atoms. The third kappa shape index (κ3) is 6.13. The number of nitro groups is 1. The Morgan fingerprint density at radius 3 is 2.37 bits per heavy atom. The molecule has 0 fully saturated rings. The van der Waals surface area contributed by atoms with Gasteiger partial charge >= 0.3 is 5.97 Å². The second-order valence-corrected chi connectivity index (χ2v) is 8.73. The summed E-state index contributed by atoms with van der Waals surface area (Å²) in [6.45, 7) is -1.34. The highest BCUT2D eigenvalue weighted by Crippen LogP contribution is 2.26. The lowest BCUT2D eigenvalue weighted by Crippen LogP contribution is -2.34. The molecule has 2 rings (SSSR count). The van der Waals surface area contributed by atoms with Crippen LogP contribution in [0, 0.1) is 10.1 Å². The normalized spacial score (nSPS) is 11.2. The molecule has 0 heterocycles. The number of nitrogens with one attached hydrogen (secondary N) is 1. The predicted octanol–water partition coefficient (Wildman–Crippen LogP) is 2.70. The second kappa shape index (κ2) is 9.85. The highest BCUT2D eigenvalue weighted by molar-refractivity contribution is 7.89. The molecule has 2 aromatic rings. The van der Waals surface area contributed by atoms with Gasteiger partial charge in [0.15, 0.2) is 6.61 Å². The Balaban J connectivity index is 1.90. The Kier molecular flexibility index (Phi) is 7.73. The van der Waals surface area contributed by atoms with Crippen LogP contribution in [0.15, 0.2) is 47.4 Å². The van der Waals surface area contributed by atoms with Crippen molar-refractivity contribution in [2.24, 2.45) is 0 Å². The maximum atomic E-state index is 12.4. The monoisotopic (exact) mass is 475 g/mol. The lowest BCUT2D eigenvalue weighted by atomic mass is 10.3. The molecule has 0 bridgehead atoms. The van der Waals surface area contributed by atoms with E-state index in [1.165, 1.54) is 37.4 Å². The fourth-order valence-corrected chi connectivity index (χ4v) is 3.61. The number of sulfonamides is 1. The minimum atomic E-state index is -3.95. The van der Waals surface area contributed by atoms with Gasteiger partial charge in [-0.1, -0.05) is 23.2 Å². The Hall–Kier alpha value is -2.73. The third-order valence-electron chi connectivity index (χ3n) is 3.68. The lowest BCUT2D eigenvalue weighted by Gasteiger charge is -2.16. The van der Waals surface area contributed by atoms with Gasteiger partial charge in [-0.25, -0.2) is 8.42 Å². The average Bonchev–Trinajstić information content (AvgIpc) is 2.68. The van der Waals surface area contributed by atoms with Gasteiger partial charge in [0.25, 0.3) is 11.6 Å². The number of likely N-dealkylation sites (N-methyl/N-ethyl adjacent to an activating group) is 1. The first-order valence-corrected chi connectivity index (χ1v) is 10.3. The minimum absolute atomic E-state index is 0.0623. The summed E-state index contributed by atoms with van der Waals surface area (Å²) in [6, 6.07) is 8.81. The van der Waals surface area contributed by atoms with Crippen LogP contribution in [-0.4, -0.2) is 49.7 Å². The van der Waals surface area contributed by atoms with E-state index in [1.807, 2.05) is 0 Å². The van der Waals surface area contributed by atoms with Crippen molar-refractivity contribution in [1.82, 2.24) is 4.31 Å². The molecule has 1 N–H and O–H groups in total. The molecule has 0 saturated carbocycles. The second-order valence-electron chi connectivity index (χ2n) is 5.85. The van der Waals surface area contributed by atoms with Gasteiger partial charge in [0.1, 0.15) is 6.54 Å². The quantitative estimate of drug-likeness (QED) is 0.352. The molecule has 1 amide bonds. The molecule has 0 saturated heterocycles. The van der Waals surface area contributed by atoms with E-state index in [0.717, 1.165) is 16.4 Å². The molecule has 0 aromatic heterocycles. The number of ether oxygens (including phenoxy) is 1. The van der Waals surface area contributed by atoms with E-state index in [9.17, 15) is 28.1 Å². The van der Waals surface area contributed by atoms with E-state index in [2.05, 4.69) is 5.32 Å². The van der Waals surface area contributed by atoms with Gasteiger partial charge in [-0.05, 0) is 30.3 Å². The Labute approximate surface area is 181 Å². The van der Waals surface area contributed by atoms with Gasteiger partial charge in [0.2, 0.25) is 10.0 Å². The number of carbonyl (C=O) groups is 2. The molecule has 0 aliphatic carbocycles. The predicted molar refractivity (Wildman–Crippen MR) is 109 cm³/mol. The van der Waals surface area contributed by atoms with Gasteiger partial charge < -0.3 is 10.1 Å². The summed E-state index contributed by atoms with van der Waals surface area (Å²) in [7, 11) is -2.77. The first-order valence-electron chi connectivity index (χ1n) is 8.12. The zero-order chi connectivity index (χ0) is 22.5. The molecule has 0 spiro atoms. The van der Waals surface area contributed by atoms with Crippen molar-refractivity contribution in [2.75, 3.05) is 25.5 Å². The Morgan fingerprint density at radius 2 is 1.80 bits per heavy atom. The van der Waals surface area contributed by atoms with E-state index >= 15 is 0 Å². The van der Waals surface area contributed by atoms with Crippen molar-refractivity contribution in [3.05, 3.63) is 62.6 Å². The molecule has 10 nitrogen and oxygen atoms in total. The number of nitrogens with zero attached hydrogens (tertiary/aromatic N) is 2. The van der Waals surface area contributed by atoms with Crippen LogP contribution in [0.5, 0.6) is 0 Å². The standard InChI is InChI=1S/C17H15Cl2N3O7S/c1-21(30(27,28)13-5-2-11(18)3-6-13)9-17(24)29-10-16(23)20-15-7-4-12(22(25)26)8-14(15)19/h2-8H,9-10H2,1H3,(H,20,23). The third-order valence-corrected chi connectivity index (χ3v) is 6.06. The Morgan fingerprint density at radius 1 is 1.17 bits per heavy atom. The van der Waals surface area contributed by atoms with Crippen LogP contribution in [0.25, 0.3) is 0 Å². The number of nitro benzene ring substituents is 1. The summed E-state index contributed by atoms with van der Waals surface area (Å²) in [5, 5.41) is 13.3. The van der Waals surface area contributed by atoms with E-state index in [0.29, 0.717) is 5.02 Å². The average molecular weight is 476 g/mol. The van der Waals surface area contributed by atoms with Gasteiger partial charge in [0, 0.05) is 24.2 Å². The highest BCUT2D eigenvalue weighted by atomic mass is 35.5. The number of carbonyl (C=O) groups excluding carboxylic acids is 2. The zero-order valence-electron chi connectivity index (χ0n) is 15.4. The van der Waals surface area contributed by atoms with Crippen molar-refractivity contribution >= 4 is 56.5 Å². The number of esters is 1. The first kappa shape index (κ1) is 23.5. The molecule has 0 aliphatic heterocycles. The lowest BCUT2D eigenvalue weighted by molar-refractivity contribution is -0.384. The molecule has 160 valence electrons. The van der Waals surface area contributed by atoms with Crippen molar-refractivity contribution in [3.63, 3.8) is 0 Å². The number of amides is 1. The van der Waals surface area contributed by atoms with Crippen molar-refractivity contribution in [3.8, 4) is 0 Å². The largest absolute Gasteiger partial charge is 0.455 e. The molecule has 0 unspecified atom stereocenters. The van der Waals surface area contributed by atoms with Crippen LogP contribution in [0.3, 0.4) is 0 Å². The number of benzene rings is 2. The smallest absolute Gasteiger partial charge is 0.321 e. The van der Waals surface area contributed by atoms with Crippen molar-refractivity contribution in [2.45, 2.75) is 4.90 Å². The van der Waals surface area contributed by atoms with E-state index in [1.54, 1.807) is 0 Å². The zero-order valence-corrected chi connectivity index (χ0v) is 17.7. The van der Waals surface area contributed by atoms with Crippen LogP contribution in [0.2, 0.25) is 10.0 Å². The molecule has 0 atom stereocenters. The number of halogens is 2. The maximum Gasteiger partial charge on any atom is 0.321 e. The summed E-state index contributed by atoms with van der Waals surface area (Å²) < 4.78 is 30.3. The number of non-ortho nitro benzene ring substituents is 1. The minimum Gasteiger partial charge on any atom is -0.455 e. The van der Waals surface area contributed by atoms with Crippen LogP contribution < -0.4 is 5.32 Å². The fraction of sp³-hybridized carbons (Fsp3) is 0.176. The fourth-order valence-electron chi connectivity index (χ4n) is 2.15. The maximum absolute atomic E-state index is 12.4. The van der Waals surface area contributed by atoms with E-state index < -0.39 is 40.0 Å². The molecule has 0 radical (unpaired) electrons. The van der Waals surface area contributed by atoms with Crippen LogP contribution in [0.4, 0.5) is 11.4 Å². The van der Waals surface area contributed by atoms with E-state index in [-0.39, 0.29) is 21.3 Å². The SMILES string of the molecule is CN(CC(=O)OCC(=O)Nc1ccc([N+](=O)[O-])cc1Cl)S(=O)(=O)c1ccc(Cl)cc1. The van der Waals surface area contributed by atoms with Gasteiger partial charge in [-0.15, -0.1) is 0 Å². The summed E-state index contributed by atoms with van der Waals surface area (Å²) in [6.07, 6.45) is 0. The number of anilines is 1. The summed E-state index contributed by atoms with van der Waals surface area (Å²) >= 11 is 11.6. The van der Waals surface area contributed by atoms with Crippen LogP contribution >= 0.6 is 23.2 Å². The van der Waals surface area contributed by atoms with Gasteiger partial charge in [-0.2, -0.15) is 4.31 Å². The molecule has 0 aliphatic rings. The topological polar surface area (TPSA) is 136 Å². The highest BCUT2D eigenvalue weighted by Gasteiger charge is 2.24. The van der Waals surface area contributed by atoms with E-state index in [4.69, 9.17) is 27.9 Å². The van der Waals surface area contributed by atoms with Crippen molar-refractivity contribution < 1.29 is 27.7 Å². The summed E-state index contributed by atoms with van der Waals surface area (Å²) in [4.78, 5) is 33.8. The Bertz CT molecular complexity index is 1080. The van der Waals surface area contributed by atoms with Gasteiger partial charge in [-0.3, -0.25) is 19.7 Å². The number of rotatable bonds is 8. The first-order chi connectivity index (χ1) is 14.0. The number of hydrogen-bond donors (Lipinski definition) is 1. The van der Waals surface area contributed by atoms with Crippen LogP contribution in [0.1, 0.15) is 0 Å². The summed E-state index contributed by atoms with van der Waals surface area (Å²) in [5.41, 5.74) is -0.167. The molecule has 13 heteroatoms. The number of hydrogen-bond acceptors (Lipinski definition) is 7. The molecular formula is C17H15Cl2N3O7S. The summed E-state index contributed by atoms with van der Waals surface area (Å²) in [5.74, 6) is -1.72. The molecule has 2 aromatic carbocycles. The molecular weight excluding hydrogens is 461 g/mol. The van der Waals surface area contributed by atoms with Crippen LogP contribution in [-0.2, 0) is 24.3 Å². The van der Waals surface area contributed by atoms with Crippen molar-refractivity contribution in [1.29, 1.82) is 0 Å².